The molecule has 0 fully saturated rings. The molecule has 1 aliphatic heterocycles. The third-order valence-electron chi connectivity index (χ3n) is 6.36. The highest BCUT2D eigenvalue weighted by molar-refractivity contribution is 6.08. The molecule has 1 N–H and O–H groups in total. The summed E-state index contributed by atoms with van der Waals surface area (Å²) < 4.78 is 7.22. The van der Waals surface area contributed by atoms with E-state index >= 15 is 0 Å². The van der Waals surface area contributed by atoms with Gasteiger partial charge >= 0.3 is 5.63 Å². The fourth-order valence-corrected chi connectivity index (χ4v) is 4.46. The van der Waals surface area contributed by atoms with Crippen LogP contribution in [0.1, 0.15) is 27.9 Å². The third-order valence-corrected chi connectivity index (χ3v) is 6.36. The van der Waals surface area contributed by atoms with Crippen LogP contribution >= 0.6 is 0 Å². The van der Waals surface area contributed by atoms with Crippen LogP contribution < -0.4 is 10.9 Å². The standard InChI is InChI=1S/C30H21N3O4/c34-26(20-10-13-25-19(16-20)12-15-28(35)31-25)14-11-22-18-33(23-7-2-1-3-8-23)32-29(22)24-17-21-6-4-5-9-27(21)37-30(24)36/h1-11,13-14,16-18H,12,15H2,(H,31,35). The number of aryl methyl sites for hydroxylation is 1. The van der Waals surface area contributed by atoms with Crippen LogP contribution in [-0.2, 0) is 11.2 Å². The summed E-state index contributed by atoms with van der Waals surface area (Å²) in [6, 6.07) is 23.8. The lowest BCUT2D eigenvalue weighted by Crippen LogP contribution is -2.19. The van der Waals surface area contributed by atoms with Gasteiger partial charge in [0.05, 0.1) is 11.3 Å². The van der Waals surface area contributed by atoms with Gasteiger partial charge in [0.2, 0.25) is 5.91 Å². The molecule has 5 aromatic rings. The number of hydrogen-bond donors (Lipinski definition) is 1. The number of nitrogens with one attached hydrogen (secondary N) is 1. The Morgan fingerprint density at radius 2 is 1.76 bits per heavy atom. The van der Waals surface area contributed by atoms with Crippen molar-refractivity contribution in [2.75, 3.05) is 5.32 Å². The minimum atomic E-state index is -0.505. The first kappa shape index (κ1) is 22.4. The number of benzene rings is 3. The summed E-state index contributed by atoms with van der Waals surface area (Å²) in [4.78, 5) is 37.6. The van der Waals surface area contributed by atoms with Crippen molar-refractivity contribution < 1.29 is 14.0 Å². The average molecular weight is 488 g/mol. The number of fused-ring (bicyclic) bond motifs is 2. The number of hydrogen-bond acceptors (Lipinski definition) is 5. The van der Waals surface area contributed by atoms with E-state index in [1.54, 1.807) is 41.2 Å². The lowest BCUT2D eigenvalue weighted by atomic mass is 9.98. The maximum atomic E-state index is 13.1. The molecule has 0 saturated heterocycles. The van der Waals surface area contributed by atoms with Crippen LogP contribution in [-0.4, -0.2) is 21.5 Å². The summed E-state index contributed by atoms with van der Waals surface area (Å²) in [5, 5.41) is 8.29. The summed E-state index contributed by atoms with van der Waals surface area (Å²) in [7, 11) is 0. The van der Waals surface area contributed by atoms with E-state index in [0.29, 0.717) is 40.8 Å². The monoisotopic (exact) mass is 487 g/mol. The average Bonchev–Trinajstić information content (AvgIpc) is 3.35. The van der Waals surface area contributed by atoms with Crippen LogP contribution in [0, 0.1) is 0 Å². The van der Waals surface area contributed by atoms with E-state index in [2.05, 4.69) is 10.4 Å². The van der Waals surface area contributed by atoms with Crippen molar-refractivity contribution in [3.63, 3.8) is 0 Å². The molecule has 1 aliphatic rings. The Balaban J connectivity index is 1.40. The van der Waals surface area contributed by atoms with Crippen molar-refractivity contribution in [3.8, 4) is 16.9 Å². The number of aromatic nitrogens is 2. The predicted molar refractivity (Wildman–Crippen MR) is 142 cm³/mol. The zero-order valence-electron chi connectivity index (χ0n) is 19.7. The smallest absolute Gasteiger partial charge is 0.345 e. The van der Waals surface area contributed by atoms with Gasteiger partial charge in [-0.1, -0.05) is 36.4 Å². The molecule has 180 valence electrons. The minimum Gasteiger partial charge on any atom is -0.422 e. The molecule has 0 atom stereocenters. The highest BCUT2D eigenvalue weighted by Crippen LogP contribution is 2.27. The fourth-order valence-electron chi connectivity index (χ4n) is 4.46. The topological polar surface area (TPSA) is 94.2 Å². The van der Waals surface area contributed by atoms with Gasteiger partial charge in [0.1, 0.15) is 11.3 Å². The quantitative estimate of drug-likeness (QED) is 0.203. The van der Waals surface area contributed by atoms with Gasteiger partial charge in [-0.15, -0.1) is 0 Å². The number of ketones is 1. The lowest BCUT2D eigenvalue weighted by molar-refractivity contribution is -0.116. The second-order valence-corrected chi connectivity index (χ2v) is 8.82. The zero-order chi connectivity index (χ0) is 25.4. The van der Waals surface area contributed by atoms with Crippen LogP contribution in [0.4, 0.5) is 5.69 Å². The first-order valence-corrected chi connectivity index (χ1v) is 11.9. The SMILES string of the molecule is O=C1CCc2cc(C(=O)C=Cc3cn(-c4ccccc4)nc3-c3cc4ccccc4oc3=O)ccc2N1. The number of nitrogens with zero attached hydrogens (tertiary/aromatic N) is 2. The Hall–Kier alpha value is -5.04. The molecule has 7 heteroatoms. The number of carbonyl (C=O) groups is 2. The molecule has 0 saturated carbocycles. The summed E-state index contributed by atoms with van der Waals surface area (Å²) in [5.41, 5.74) is 4.33. The fraction of sp³-hybridized carbons (Fsp3) is 0.0667. The van der Waals surface area contributed by atoms with E-state index < -0.39 is 5.63 Å². The molecule has 7 nitrogen and oxygen atoms in total. The molecule has 2 aromatic heterocycles. The van der Waals surface area contributed by atoms with Crippen molar-refractivity contribution in [1.29, 1.82) is 0 Å². The molecule has 3 aromatic carbocycles. The van der Waals surface area contributed by atoms with Crippen molar-refractivity contribution >= 4 is 34.4 Å². The van der Waals surface area contributed by atoms with Gasteiger partial charge in [0, 0.05) is 34.8 Å². The Bertz CT molecular complexity index is 1760. The van der Waals surface area contributed by atoms with Gasteiger partial charge < -0.3 is 9.73 Å². The van der Waals surface area contributed by atoms with Gasteiger partial charge in [0.15, 0.2) is 5.78 Å². The molecule has 0 spiro atoms. The van der Waals surface area contributed by atoms with Gasteiger partial charge in [0.25, 0.3) is 0 Å². The van der Waals surface area contributed by atoms with Gasteiger partial charge in [-0.25, -0.2) is 9.48 Å². The summed E-state index contributed by atoms with van der Waals surface area (Å²) in [5.74, 6) is -0.212. The van der Waals surface area contributed by atoms with E-state index in [0.717, 1.165) is 22.3 Å². The van der Waals surface area contributed by atoms with E-state index in [-0.39, 0.29) is 11.7 Å². The van der Waals surface area contributed by atoms with Crippen molar-refractivity contribution in [3.05, 3.63) is 118 Å². The largest absolute Gasteiger partial charge is 0.422 e. The summed E-state index contributed by atoms with van der Waals surface area (Å²) in [6.45, 7) is 0. The highest BCUT2D eigenvalue weighted by atomic mass is 16.4. The number of rotatable bonds is 5. The maximum absolute atomic E-state index is 13.1. The molecule has 1 amide bonds. The Morgan fingerprint density at radius 1 is 0.946 bits per heavy atom. The third kappa shape index (κ3) is 4.38. The number of para-hydroxylation sites is 2. The van der Waals surface area contributed by atoms with E-state index in [1.807, 2.05) is 54.6 Å². The zero-order valence-corrected chi connectivity index (χ0v) is 19.7. The van der Waals surface area contributed by atoms with Gasteiger partial charge in [-0.3, -0.25) is 9.59 Å². The molecular weight excluding hydrogens is 466 g/mol. The lowest BCUT2D eigenvalue weighted by Gasteiger charge is -2.16. The summed E-state index contributed by atoms with van der Waals surface area (Å²) >= 11 is 0. The van der Waals surface area contributed by atoms with Gasteiger partial charge in [-0.2, -0.15) is 5.10 Å². The molecule has 37 heavy (non-hydrogen) atoms. The molecule has 3 heterocycles. The molecule has 0 unspecified atom stereocenters. The van der Waals surface area contributed by atoms with Crippen LogP contribution in [0.2, 0.25) is 0 Å². The van der Waals surface area contributed by atoms with E-state index in [1.165, 1.54) is 6.08 Å². The van der Waals surface area contributed by atoms with Crippen LogP contribution in [0.5, 0.6) is 0 Å². The van der Waals surface area contributed by atoms with Crippen molar-refractivity contribution in [2.45, 2.75) is 12.8 Å². The maximum Gasteiger partial charge on any atom is 0.345 e. The number of anilines is 1. The Kier molecular flexibility index (Phi) is 5.58. The van der Waals surface area contributed by atoms with Crippen molar-refractivity contribution in [1.82, 2.24) is 9.78 Å². The molecule has 0 radical (unpaired) electrons. The first-order chi connectivity index (χ1) is 18.0. The number of allylic oxidation sites excluding steroid dienone is 1. The highest BCUT2D eigenvalue weighted by Gasteiger charge is 2.18. The predicted octanol–water partition coefficient (Wildman–Crippen LogP) is 5.43. The van der Waals surface area contributed by atoms with Crippen LogP contribution in [0.3, 0.4) is 0 Å². The second kappa shape index (κ2) is 9.20. The molecular formula is C30H21N3O4. The number of amides is 1. The van der Waals surface area contributed by atoms with E-state index in [9.17, 15) is 14.4 Å². The Labute approximate surface area is 211 Å². The van der Waals surface area contributed by atoms with Crippen LogP contribution in [0.25, 0.3) is 34.0 Å². The minimum absolute atomic E-state index is 0.0207. The Morgan fingerprint density at radius 3 is 2.62 bits per heavy atom. The normalized spacial score (nSPS) is 13.0. The first-order valence-electron chi connectivity index (χ1n) is 11.9. The van der Waals surface area contributed by atoms with E-state index in [4.69, 9.17) is 4.42 Å². The molecule has 0 aliphatic carbocycles. The summed E-state index contributed by atoms with van der Waals surface area (Å²) in [6.07, 6.45) is 5.92. The number of carbonyl (C=O) groups excluding carboxylic acids is 2. The second-order valence-electron chi connectivity index (χ2n) is 8.82. The van der Waals surface area contributed by atoms with Gasteiger partial charge in [-0.05, 0) is 66.6 Å². The van der Waals surface area contributed by atoms with Crippen LogP contribution in [0.15, 0.2) is 100 Å². The molecule has 0 bridgehead atoms. The van der Waals surface area contributed by atoms with Crippen molar-refractivity contribution in [2.24, 2.45) is 0 Å². The molecule has 6 rings (SSSR count).